The predicted molar refractivity (Wildman–Crippen MR) is 118 cm³/mol. The number of nitrogens with zero attached hydrogens (tertiary/aromatic N) is 3. The van der Waals surface area contributed by atoms with Crippen molar-refractivity contribution in [2.75, 3.05) is 26.2 Å². The molecule has 1 aliphatic heterocycles. The molecule has 0 aliphatic carbocycles. The van der Waals surface area contributed by atoms with Gasteiger partial charge in [-0.2, -0.15) is 4.31 Å². The Morgan fingerprint density at radius 2 is 1.67 bits per heavy atom. The van der Waals surface area contributed by atoms with Crippen LogP contribution in [0.25, 0.3) is 11.1 Å². The minimum atomic E-state index is -3.45. The van der Waals surface area contributed by atoms with Gasteiger partial charge in [0.25, 0.3) is 0 Å². The molecule has 1 aliphatic rings. The summed E-state index contributed by atoms with van der Waals surface area (Å²) in [5, 5.41) is 0. The van der Waals surface area contributed by atoms with E-state index < -0.39 is 10.0 Å². The molecule has 3 aromatic rings. The highest BCUT2D eigenvalue weighted by Gasteiger charge is 2.29. The van der Waals surface area contributed by atoms with Gasteiger partial charge in [-0.15, -0.1) is 0 Å². The molecular weight excluding hydrogens is 398 g/mol. The van der Waals surface area contributed by atoms with E-state index in [4.69, 9.17) is 4.42 Å². The second kappa shape index (κ2) is 7.80. The molecule has 7 heteroatoms. The van der Waals surface area contributed by atoms with Gasteiger partial charge in [-0.05, 0) is 42.2 Å². The van der Waals surface area contributed by atoms with Crippen molar-refractivity contribution in [3.63, 3.8) is 0 Å². The van der Waals surface area contributed by atoms with Gasteiger partial charge in [0.15, 0.2) is 5.58 Å². The van der Waals surface area contributed by atoms with Crippen LogP contribution >= 0.6 is 0 Å². The second-order valence-electron chi connectivity index (χ2n) is 9.03. The van der Waals surface area contributed by atoms with Gasteiger partial charge in [0.05, 0.1) is 11.4 Å². The number of fused-ring (bicyclic) bond motifs is 1. The van der Waals surface area contributed by atoms with Crippen molar-refractivity contribution >= 4 is 21.1 Å². The molecule has 1 saturated heterocycles. The Hall–Kier alpha value is -2.22. The highest BCUT2D eigenvalue weighted by atomic mass is 32.2. The van der Waals surface area contributed by atoms with E-state index in [2.05, 4.69) is 42.8 Å². The molecule has 2 aromatic carbocycles. The lowest BCUT2D eigenvalue weighted by Crippen LogP contribution is -2.48. The molecule has 0 saturated carbocycles. The molecule has 0 amide bonds. The highest BCUT2D eigenvalue weighted by Crippen LogP contribution is 2.27. The van der Waals surface area contributed by atoms with Crippen molar-refractivity contribution in [2.24, 2.45) is 0 Å². The average Bonchev–Trinajstić information content (AvgIpc) is 3.09. The summed E-state index contributed by atoms with van der Waals surface area (Å²) in [6.45, 7) is 11.3. The van der Waals surface area contributed by atoms with Crippen LogP contribution in [-0.2, 0) is 22.0 Å². The van der Waals surface area contributed by atoms with Gasteiger partial charge in [-0.25, -0.2) is 13.4 Å². The first-order valence-electron chi connectivity index (χ1n) is 10.3. The molecule has 1 aromatic heterocycles. The smallest absolute Gasteiger partial charge is 0.243 e. The van der Waals surface area contributed by atoms with E-state index in [9.17, 15) is 8.42 Å². The fourth-order valence-corrected chi connectivity index (χ4v) is 5.11. The number of rotatable bonds is 4. The summed E-state index contributed by atoms with van der Waals surface area (Å²) < 4.78 is 33.2. The Bertz CT molecular complexity index is 1140. The Morgan fingerprint density at radius 1 is 1.00 bits per heavy atom. The number of hydrogen-bond donors (Lipinski definition) is 0. The quantitative estimate of drug-likeness (QED) is 0.631. The molecule has 0 radical (unpaired) electrons. The first-order chi connectivity index (χ1) is 14.1. The Kier molecular flexibility index (Phi) is 5.46. The van der Waals surface area contributed by atoms with Gasteiger partial charge in [0.1, 0.15) is 5.52 Å². The lowest BCUT2D eigenvalue weighted by Gasteiger charge is -2.33. The number of aryl methyl sites for hydroxylation is 1. The van der Waals surface area contributed by atoms with Crippen molar-refractivity contribution in [3.8, 4) is 0 Å². The monoisotopic (exact) mass is 427 g/mol. The van der Waals surface area contributed by atoms with E-state index in [1.165, 1.54) is 5.56 Å². The van der Waals surface area contributed by atoms with Gasteiger partial charge in [-0.1, -0.05) is 44.5 Å². The van der Waals surface area contributed by atoms with E-state index >= 15 is 0 Å². The molecule has 0 bridgehead atoms. The van der Waals surface area contributed by atoms with Crippen molar-refractivity contribution in [2.45, 2.75) is 44.6 Å². The number of aromatic nitrogens is 1. The highest BCUT2D eigenvalue weighted by molar-refractivity contribution is 7.89. The number of sulfonamides is 1. The van der Waals surface area contributed by atoms with Gasteiger partial charge < -0.3 is 4.42 Å². The Labute approximate surface area is 178 Å². The summed E-state index contributed by atoms with van der Waals surface area (Å²) in [7, 11) is -3.45. The van der Waals surface area contributed by atoms with Crippen LogP contribution in [-0.4, -0.2) is 48.8 Å². The van der Waals surface area contributed by atoms with E-state index in [1.807, 2.05) is 25.1 Å². The topological polar surface area (TPSA) is 66.7 Å². The zero-order chi connectivity index (χ0) is 21.5. The summed E-state index contributed by atoms with van der Waals surface area (Å²) in [5.74, 6) is 0.672. The molecule has 2 heterocycles. The maximum Gasteiger partial charge on any atom is 0.243 e. The minimum absolute atomic E-state index is 0.0621. The summed E-state index contributed by atoms with van der Waals surface area (Å²) in [4.78, 5) is 7.21. The molecule has 30 heavy (non-hydrogen) atoms. The van der Waals surface area contributed by atoms with Crippen LogP contribution < -0.4 is 0 Å². The number of hydrogen-bond acceptors (Lipinski definition) is 5. The molecule has 160 valence electrons. The van der Waals surface area contributed by atoms with Crippen molar-refractivity contribution in [3.05, 3.63) is 59.5 Å². The van der Waals surface area contributed by atoms with Crippen LogP contribution in [0.15, 0.2) is 51.8 Å². The molecule has 6 nitrogen and oxygen atoms in total. The van der Waals surface area contributed by atoms with Crippen LogP contribution in [0.5, 0.6) is 0 Å². The first-order valence-corrected chi connectivity index (χ1v) is 11.8. The van der Waals surface area contributed by atoms with E-state index in [-0.39, 0.29) is 5.41 Å². The summed E-state index contributed by atoms with van der Waals surface area (Å²) in [6.07, 6.45) is 0. The molecule has 1 fully saturated rings. The van der Waals surface area contributed by atoms with Crippen LogP contribution in [0.1, 0.15) is 37.8 Å². The number of oxazole rings is 1. The average molecular weight is 428 g/mol. The van der Waals surface area contributed by atoms with Crippen LogP contribution in [0.3, 0.4) is 0 Å². The molecule has 0 spiro atoms. The maximum atomic E-state index is 12.9. The summed E-state index contributed by atoms with van der Waals surface area (Å²) >= 11 is 0. The zero-order valence-corrected chi connectivity index (χ0v) is 18.9. The van der Waals surface area contributed by atoms with Crippen molar-refractivity contribution in [1.29, 1.82) is 0 Å². The second-order valence-corrected chi connectivity index (χ2v) is 11.0. The van der Waals surface area contributed by atoms with Gasteiger partial charge in [0, 0.05) is 26.2 Å². The SMILES string of the molecule is Cc1ccc(S(=O)(=O)N2CCN(Cc3nc4cc(C(C)(C)C)ccc4o3)CC2)cc1. The fraction of sp³-hybridized carbons (Fsp3) is 0.435. The molecule has 0 unspecified atom stereocenters. The largest absolute Gasteiger partial charge is 0.439 e. The first kappa shape index (κ1) is 21.0. The minimum Gasteiger partial charge on any atom is -0.439 e. The molecule has 0 atom stereocenters. The lowest BCUT2D eigenvalue weighted by atomic mass is 9.87. The standard InChI is InChI=1S/C23H29N3O3S/c1-17-5-8-19(9-6-17)30(27,28)26-13-11-25(12-14-26)16-22-24-20-15-18(23(2,3)4)7-10-21(20)29-22/h5-10,15H,11-14,16H2,1-4H3. The molecule has 4 rings (SSSR count). The van der Waals surface area contributed by atoms with Crippen molar-refractivity contribution < 1.29 is 12.8 Å². The maximum absolute atomic E-state index is 12.9. The van der Waals surface area contributed by atoms with Crippen LogP contribution in [0, 0.1) is 6.92 Å². The third-order valence-electron chi connectivity index (χ3n) is 5.65. The van der Waals surface area contributed by atoms with Crippen LogP contribution in [0.4, 0.5) is 0 Å². The Morgan fingerprint density at radius 3 is 2.30 bits per heavy atom. The fourth-order valence-electron chi connectivity index (χ4n) is 3.69. The third-order valence-corrected chi connectivity index (χ3v) is 7.56. The van der Waals surface area contributed by atoms with E-state index in [0.717, 1.165) is 16.7 Å². The molecular formula is C23H29N3O3S. The van der Waals surface area contributed by atoms with E-state index in [0.29, 0.717) is 43.5 Å². The number of piperazine rings is 1. The molecule has 0 N–H and O–H groups in total. The Balaban J connectivity index is 1.42. The summed E-state index contributed by atoms with van der Waals surface area (Å²) in [5.41, 5.74) is 4.00. The lowest BCUT2D eigenvalue weighted by molar-refractivity contribution is 0.169. The number of benzene rings is 2. The van der Waals surface area contributed by atoms with Crippen LogP contribution in [0.2, 0.25) is 0 Å². The van der Waals surface area contributed by atoms with Gasteiger partial charge in [0.2, 0.25) is 15.9 Å². The zero-order valence-electron chi connectivity index (χ0n) is 18.1. The van der Waals surface area contributed by atoms with E-state index in [1.54, 1.807) is 16.4 Å². The predicted octanol–water partition coefficient (Wildman–Crippen LogP) is 3.94. The summed E-state index contributed by atoms with van der Waals surface area (Å²) in [6, 6.07) is 13.2. The van der Waals surface area contributed by atoms with Gasteiger partial charge in [-0.3, -0.25) is 4.90 Å². The van der Waals surface area contributed by atoms with Gasteiger partial charge >= 0.3 is 0 Å². The normalized spacial score (nSPS) is 16.9. The third kappa shape index (κ3) is 4.29. The van der Waals surface area contributed by atoms with Crippen molar-refractivity contribution in [1.82, 2.24) is 14.2 Å².